The van der Waals surface area contributed by atoms with Crippen LogP contribution < -0.4 is 5.32 Å². The summed E-state index contributed by atoms with van der Waals surface area (Å²) < 4.78 is 0. The quantitative estimate of drug-likeness (QED) is 0.768. The monoisotopic (exact) mass is 240 g/mol. The van der Waals surface area contributed by atoms with Crippen LogP contribution in [0.4, 0.5) is 0 Å². The smallest absolute Gasteiger partial charge is 0.00365 e. The van der Waals surface area contributed by atoms with Gasteiger partial charge in [0.25, 0.3) is 0 Å². The Morgan fingerprint density at radius 2 is 1.47 bits per heavy atom. The van der Waals surface area contributed by atoms with Crippen LogP contribution in [0.1, 0.15) is 47.5 Å². The maximum absolute atomic E-state index is 3.48. The van der Waals surface area contributed by atoms with Crippen molar-refractivity contribution in [2.45, 2.75) is 47.5 Å². The zero-order chi connectivity index (χ0) is 12.9. The molecule has 2 nitrogen and oxygen atoms in total. The van der Waals surface area contributed by atoms with Gasteiger partial charge in [0.1, 0.15) is 0 Å². The largest absolute Gasteiger partial charge is 0.317 e. The third-order valence-electron chi connectivity index (χ3n) is 3.66. The van der Waals surface area contributed by atoms with Crippen molar-refractivity contribution in [2.75, 3.05) is 32.7 Å². The number of piperidine rings is 1. The maximum atomic E-state index is 3.48. The first-order valence-corrected chi connectivity index (χ1v) is 7.34. The first-order chi connectivity index (χ1) is 7.91. The number of nitrogens with zero attached hydrogens (tertiary/aromatic N) is 1. The van der Waals surface area contributed by atoms with Crippen LogP contribution in [0.5, 0.6) is 0 Å². The van der Waals surface area contributed by atoms with Gasteiger partial charge in [-0.25, -0.2) is 0 Å². The van der Waals surface area contributed by atoms with E-state index in [9.17, 15) is 0 Å². The SMILES string of the molecule is CC(C)CN(CC(C)C)CC1(C)CCNCC1. The first-order valence-electron chi connectivity index (χ1n) is 7.34. The van der Waals surface area contributed by atoms with Crippen LogP contribution in [-0.4, -0.2) is 37.6 Å². The van der Waals surface area contributed by atoms with Gasteiger partial charge in [-0.05, 0) is 43.2 Å². The molecule has 0 aliphatic carbocycles. The summed E-state index contributed by atoms with van der Waals surface area (Å²) in [6, 6.07) is 0. The van der Waals surface area contributed by atoms with E-state index in [1.54, 1.807) is 0 Å². The molecule has 0 spiro atoms. The minimum Gasteiger partial charge on any atom is -0.317 e. The van der Waals surface area contributed by atoms with Gasteiger partial charge in [-0.1, -0.05) is 34.6 Å². The highest BCUT2D eigenvalue weighted by Gasteiger charge is 2.29. The Bertz CT molecular complexity index is 195. The lowest BCUT2D eigenvalue weighted by Gasteiger charge is -2.39. The minimum atomic E-state index is 0.537. The fourth-order valence-corrected chi connectivity index (χ4v) is 2.96. The van der Waals surface area contributed by atoms with Crippen LogP contribution in [0.25, 0.3) is 0 Å². The van der Waals surface area contributed by atoms with Crippen molar-refractivity contribution in [3.63, 3.8) is 0 Å². The van der Waals surface area contributed by atoms with Gasteiger partial charge in [-0.2, -0.15) is 0 Å². The van der Waals surface area contributed by atoms with E-state index < -0.39 is 0 Å². The van der Waals surface area contributed by atoms with Crippen molar-refractivity contribution >= 4 is 0 Å². The topological polar surface area (TPSA) is 15.3 Å². The van der Waals surface area contributed by atoms with Crippen molar-refractivity contribution in [3.8, 4) is 0 Å². The third-order valence-corrected chi connectivity index (χ3v) is 3.66. The Labute approximate surface area is 108 Å². The van der Waals surface area contributed by atoms with E-state index in [0.29, 0.717) is 5.41 Å². The average Bonchev–Trinajstić information content (AvgIpc) is 2.15. The normalized spacial score (nSPS) is 20.5. The highest BCUT2D eigenvalue weighted by molar-refractivity contribution is 4.84. The van der Waals surface area contributed by atoms with Crippen LogP contribution in [-0.2, 0) is 0 Å². The van der Waals surface area contributed by atoms with Crippen molar-refractivity contribution in [2.24, 2.45) is 17.3 Å². The van der Waals surface area contributed by atoms with Crippen molar-refractivity contribution in [1.29, 1.82) is 0 Å². The van der Waals surface area contributed by atoms with E-state index in [-0.39, 0.29) is 0 Å². The molecule has 1 heterocycles. The van der Waals surface area contributed by atoms with Gasteiger partial charge in [0, 0.05) is 19.6 Å². The van der Waals surface area contributed by atoms with Gasteiger partial charge in [-0.15, -0.1) is 0 Å². The van der Waals surface area contributed by atoms with Gasteiger partial charge in [0.05, 0.1) is 0 Å². The first kappa shape index (κ1) is 15.0. The number of nitrogens with one attached hydrogen (secondary N) is 1. The van der Waals surface area contributed by atoms with E-state index in [0.717, 1.165) is 11.8 Å². The third kappa shape index (κ3) is 5.87. The molecule has 1 fully saturated rings. The van der Waals surface area contributed by atoms with Gasteiger partial charge in [0.15, 0.2) is 0 Å². The van der Waals surface area contributed by atoms with Crippen molar-refractivity contribution in [3.05, 3.63) is 0 Å². The molecule has 0 atom stereocenters. The molecule has 1 aliphatic heterocycles. The van der Waals surface area contributed by atoms with Gasteiger partial charge < -0.3 is 10.2 Å². The Morgan fingerprint density at radius 3 is 1.88 bits per heavy atom. The second kappa shape index (κ2) is 6.75. The molecule has 0 radical (unpaired) electrons. The number of hydrogen-bond acceptors (Lipinski definition) is 2. The summed E-state index contributed by atoms with van der Waals surface area (Å²) in [6.07, 6.45) is 2.67. The van der Waals surface area contributed by atoms with E-state index >= 15 is 0 Å². The van der Waals surface area contributed by atoms with E-state index in [1.165, 1.54) is 45.6 Å². The summed E-state index contributed by atoms with van der Waals surface area (Å²) in [5, 5.41) is 3.48. The van der Waals surface area contributed by atoms with Crippen LogP contribution >= 0.6 is 0 Å². The van der Waals surface area contributed by atoms with Crippen molar-refractivity contribution < 1.29 is 0 Å². The number of hydrogen-bond donors (Lipinski definition) is 1. The molecule has 102 valence electrons. The second-order valence-electron chi connectivity index (χ2n) is 7.04. The molecular formula is C15H32N2. The Morgan fingerprint density at radius 1 is 1.00 bits per heavy atom. The van der Waals surface area contributed by atoms with Gasteiger partial charge >= 0.3 is 0 Å². The molecule has 17 heavy (non-hydrogen) atoms. The van der Waals surface area contributed by atoms with Gasteiger partial charge in [0.2, 0.25) is 0 Å². The molecule has 0 unspecified atom stereocenters. The zero-order valence-electron chi connectivity index (χ0n) is 12.6. The molecule has 0 amide bonds. The second-order valence-corrected chi connectivity index (χ2v) is 7.04. The van der Waals surface area contributed by atoms with Crippen LogP contribution in [0.15, 0.2) is 0 Å². The standard InChI is InChI=1S/C15H32N2/c1-13(2)10-17(11-14(3)4)12-15(5)6-8-16-9-7-15/h13-14,16H,6-12H2,1-5H3. The van der Waals surface area contributed by atoms with E-state index in [4.69, 9.17) is 0 Å². The molecule has 0 aromatic rings. The number of rotatable bonds is 6. The maximum Gasteiger partial charge on any atom is 0.00365 e. The molecular weight excluding hydrogens is 208 g/mol. The highest BCUT2D eigenvalue weighted by Crippen LogP contribution is 2.29. The van der Waals surface area contributed by atoms with Crippen LogP contribution in [0.2, 0.25) is 0 Å². The summed E-state index contributed by atoms with van der Waals surface area (Å²) in [6.45, 7) is 18.0. The van der Waals surface area contributed by atoms with E-state index in [1.807, 2.05) is 0 Å². The molecule has 0 aromatic heterocycles. The molecule has 0 aromatic carbocycles. The Balaban J connectivity index is 2.50. The molecule has 0 saturated carbocycles. The zero-order valence-corrected chi connectivity index (χ0v) is 12.6. The predicted octanol–water partition coefficient (Wildman–Crippen LogP) is 2.99. The Hall–Kier alpha value is -0.0800. The molecule has 1 rings (SSSR count). The van der Waals surface area contributed by atoms with E-state index in [2.05, 4.69) is 44.8 Å². The summed E-state index contributed by atoms with van der Waals surface area (Å²) in [5.74, 6) is 1.55. The highest BCUT2D eigenvalue weighted by atomic mass is 15.1. The lowest BCUT2D eigenvalue weighted by molar-refractivity contribution is 0.109. The van der Waals surface area contributed by atoms with Crippen LogP contribution in [0, 0.1) is 17.3 Å². The van der Waals surface area contributed by atoms with Crippen molar-refractivity contribution in [1.82, 2.24) is 10.2 Å². The lowest BCUT2D eigenvalue weighted by atomic mass is 9.80. The summed E-state index contributed by atoms with van der Waals surface area (Å²) in [5.41, 5.74) is 0.537. The fourth-order valence-electron chi connectivity index (χ4n) is 2.96. The predicted molar refractivity (Wildman–Crippen MR) is 76.3 cm³/mol. The Kier molecular flexibility index (Phi) is 5.94. The molecule has 1 aliphatic rings. The summed E-state index contributed by atoms with van der Waals surface area (Å²) >= 11 is 0. The molecule has 1 saturated heterocycles. The van der Waals surface area contributed by atoms with Crippen LogP contribution in [0.3, 0.4) is 0 Å². The molecule has 2 heteroatoms. The fraction of sp³-hybridized carbons (Fsp3) is 1.00. The molecule has 0 bridgehead atoms. The minimum absolute atomic E-state index is 0.537. The van der Waals surface area contributed by atoms with Gasteiger partial charge in [-0.3, -0.25) is 0 Å². The lowest BCUT2D eigenvalue weighted by Crippen LogP contribution is -2.45. The molecule has 1 N–H and O–H groups in total. The summed E-state index contributed by atoms with van der Waals surface area (Å²) in [4.78, 5) is 2.70. The summed E-state index contributed by atoms with van der Waals surface area (Å²) in [7, 11) is 0. The average molecular weight is 240 g/mol.